The van der Waals surface area contributed by atoms with Crippen LogP contribution in [-0.2, 0) is 24.2 Å². The van der Waals surface area contributed by atoms with Gasteiger partial charge in [-0.1, -0.05) is 38.2 Å². The van der Waals surface area contributed by atoms with Gasteiger partial charge in [0.2, 0.25) is 0 Å². The summed E-state index contributed by atoms with van der Waals surface area (Å²) in [6, 6.07) is 12.9. The first kappa shape index (κ1) is 27.0. The summed E-state index contributed by atoms with van der Waals surface area (Å²) < 4.78 is 1.51. The molecular weight excluding hydrogens is 462 g/mol. The zero-order valence-electron chi connectivity index (χ0n) is 17.0. The summed E-state index contributed by atoms with van der Waals surface area (Å²) in [7, 11) is 0. The molecule has 2 atom stereocenters. The van der Waals surface area contributed by atoms with Crippen LogP contribution < -0.4 is 24.8 Å². The first-order valence-electron chi connectivity index (χ1n) is 9.21. The smallest absolute Gasteiger partial charge is 1.00 e. The molecule has 2 unspecified atom stereocenters. The molecule has 0 N–H and O–H groups in total. The molecule has 0 heterocycles. The Balaban J connectivity index is 0.000000415. The van der Waals surface area contributed by atoms with Gasteiger partial charge in [-0.2, -0.15) is 46.5 Å². The van der Waals surface area contributed by atoms with E-state index >= 15 is 0 Å². The largest absolute Gasteiger partial charge is 1.00 e. The molecule has 0 amide bonds. The molecule has 0 bridgehead atoms. The van der Waals surface area contributed by atoms with E-state index in [0.717, 1.165) is 0 Å². The zero-order valence-corrected chi connectivity index (χ0v) is 21.0. The Morgan fingerprint density at radius 2 is 1.11 bits per heavy atom. The van der Waals surface area contributed by atoms with Crippen LogP contribution in [0.5, 0.6) is 0 Å². The Labute approximate surface area is 198 Å². The van der Waals surface area contributed by atoms with Crippen molar-refractivity contribution in [2.45, 2.75) is 39.5 Å². The van der Waals surface area contributed by atoms with Crippen LogP contribution in [0.1, 0.15) is 61.8 Å². The number of allylic oxidation sites excluding steroid dienone is 6. The Hall–Kier alpha value is -1.01. The van der Waals surface area contributed by atoms with Crippen LogP contribution in [0.4, 0.5) is 0 Å². The Morgan fingerprint density at radius 3 is 1.46 bits per heavy atom. The van der Waals surface area contributed by atoms with Crippen LogP contribution in [0.3, 0.4) is 0 Å². The molecule has 0 saturated heterocycles. The summed E-state index contributed by atoms with van der Waals surface area (Å²) in [5.74, 6) is 1.13. The van der Waals surface area contributed by atoms with Crippen molar-refractivity contribution in [2.75, 3.05) is 0 Å². The molecule has 0 radical (unpaired) electrons. The standard InChI is InChI=1S/2C11H11.C3H6.2ClH.Zr/c2*1-9-5-2-3-6-10-7-4-8-11(9)10;1-3-2;;;/h2*2-9H,1H3;1-2H3;2*1H;/q2*-1;;;;+2/p-2. The number of hydrogen-bond donors (Lipinski definition) is 0. The van der Waals surface area contributed by atoms with E-state index in [1.54, 1.807) is 24.2 Å². The van der Waals surface area contributed by atoms with Crippen LogP contribution in [0, 0.1) is 0 Å². The van der Waals surface area contributed by atoms with Crippen LogP contribution in [0.15, 0.2) is 72.9 Å². The van der Waals surface area contributed by atoms with Crippen molar-refractivity contribution in [1.82, 2.24) is 0 Å². The summed E-state index contributed by atoms with van der Waals surface area (Å²) in [6.07, 6.45) is 17.2. The fraction of sp³-hybridized carbons (Fsp3) is 0.240. The van der Waals surface area contributed by atoms with Crippen molar-refractivity contribution in [3.63, 3.8) is 0 Å². The molecule has 2 aromatic carbocycles. The van der Waals surface area contributed by atoms with Crippen LogP contribution in [0.25, 0.3) is 12.2 Å². The summed E-state index contributed by atoms with van der Waals surface area (Å²) in [6.45, 7) is 8.70. The third kappa shape index (κ3) is 8.56. The van der Waals surface area contributed by atoms with Gasteiger partial charge in [0.05, 0.1) is 0 Å². The fourth-order valence-electron chi connectivity index (χ4n) is 3.02. The normalized spacial score (nSPS) is 17.8. The zero-order chi connectivity index (χ0) is 18.9. The minimum absolute atomic E-state index is 0. The molecule has 148 valence electrons. The van der Waals surface area contributed by atoms with Gasteiger partial charge in [0.15, 0.2) is 0 Å². The average Bonchev–Trinajstić information content (AvgIpc) is 3.18. The summed E-state index contributed by atoms with van der Waals surface area (Å²) >= 11 is 1.55. The third-order valence-corrected chi connectivity index (χ3v) is 4.32. The number of rotatable bonds is 0. The van der Waals surface area contributed by atoms with Gasteiger partial charge in [-0.15, -0.1) is 36.4 Å². The maximum Gasteiger partial charge on any atom is -1.00 e. The second kappa shape index (κ2) is 14.1. The SMILES string of the molecule is CC1C=CC=Cc2[cH-]ccc21.CC1C=CC=Cc2[cH-]ccc21.C[C](C)=[Zr+2].[Cl-].[Cl-]. The van der Waals surface area contributed by atoms with Gasteiger partial charge < -0.3 is 24.8 Å². The molecule has 0 aliphatic heterocycles. The third-order valence-electron chi connectivity index (χ3n) is 4.32. The molecule has 2 aliphatic rings. The topological polar surface area (TPSA) is 0 Å². The second-order valence-electron chi connectivity index (χ2n) is 6.94. The van der Waals surface area contributed by atoms with Crippen molar-refractivity contribution in [1.29, 1.82) is 0 Å². The molecule has 0 fully saturated rings. The average molecular weight is 491 g/mol. The van der Waals surface area contributed by atoms with Crippen LogP contribution in [-0.4, -0.2) is 3.21 Å². The molecule has 0 nitrogen and oxygen atoms in total. The van der Waals surface area contributed by atoms with Gasteiger partial charge in [-0.05, 0) is 11.8 Å². The quantitative estimate of drug-likeness (QED) is 0.483. The Morgan fingerprint density at radius 1 is 0.750 bits per heavy atom. The minimum Gasteiger partial charge on any atom is -1.00 e. The van der Waals surface area contributed by atoms with E-state index in [0.29, 0.717) is 11.8 Å². The van der Waals surface area contributed by atoms with E-state index < -0.39 is 0 Å². The molecule has 3 heteroatoms. The first-order chi connectivity index (χ1) is 12.5. The monoisotopic (exact) mass is 488 g/mol. The van der Waals surface area contributed by atoms with Crippen molar-refractivity contribution in [3.8, 4) is 0 Å². The summed E-state index contributed by atoms with van der Waals surface area (Å²) in [5.41, 5.74) is 5.61. The first-order valence-corrected chi connectivity index (χ1v) is 10.4. The predicted molar refractivity (Wildman–Crippen MR) is 114 cm³/mol. The van der Waals surface area contributed by atoms with Gasteiger partial charge in [0, 0.05) is 0 Å². The number of fused-ring (bicyclic) bond motifs is 2. The summed E-state index contributed by atoms with van der Waals surface area (Å²) in [5, 5.41) is 0. The fourth-order valence-corrected chi connectivity index (χ4v) is 3.02. The van der Waals surface area contributed by atoms with Crippen molar-refractivity contribution < 1.29 is 49.0 Å². The number of halogens is 2. The van der Waals surface area contributed by atoms with E-state index in [-0.39, 0.29) is 24.8 Å². The second-order valence-corrected chi connectivity index (χ2v) is 9.40. The van der Waals surface area contributed by atoms with Gasteiger partial charge in [-0.3, -0.25) is 0 Å². The molecular formula is C25H28Cl2Zr-2. The maximum absolute atomic E-state index is 2.22. The molecule has 2 aliphatic carbocycles. The molecule has 0 spiro atoms. The molecule has 0 aromatic heterocycles. The van der Waals surface area contributed by atoms with E-state index in [1.165, 1.54) is 25.5 Å². The van der Waals surface area contributed by atoms with Gasteiger partial charge in [0.25, 0.3) is 0 Å². The minimum atomic E-state index is 0. The molecule has 4 rings (SSSR count). The van der Waals surface area contributed by atoms with Crippen LogP contribution in [0.2, 0.25) is 0 Å². The number of hydrogen-bond acceptors (Lipinski definition) is 0. The predicted octanol–water partition coefficient (Wildman–Crippen LogP) is 0.937. The van der Waals surface area contributed by atoms with Gasteiger partial charge >= 0.3 is 41.3 Å². The van der Waals surface area contributed by atoms with E-state index in [1.807, 2.05) is 0 Å². The maximum atomic E-state index is 2.22. The van der Waals surface area contributed by atoms with E-state index in [2.05, 4.69) is 113 Å². The summed E-state index contributed by atoms with van der Waals surface area (Å²) in [4.78, 5) is 0. The van der Waals surface area contributed by atoms with E-state index in [4.69, 9.17) is 0 Å². The van der Waals surface area contributed by atoms with Crippen LogP contribution >= 0.6 is 0 Å². The Kier molecular flexibility index (Phi) is 13.5. The molecule has 28 heavy (non-hydrogen) atoms. The van der Waals surface area contributed by atoms with Gasteiger partial charge in [0.1, 0.15) is 0 Å². The van der Waals surface area contributed by atoms with E-state index in [9.17, 15) is 0 Å². The van der Waals surface area contributed by atoms with Crippen molar-refractivity contribution in [2.24, 2.45) is 0 Å². The molecule has 2 aromatic rings. The van der Waals surface area contributed by atoms with Crippen molar-refractivity contribution >= 4 is 15.4 Å². The van der Waals surface area contributed by atoms with Crippen molar-refractivity contribution in [3.05, 3.63) is 95.1 Å². The van der Waals surface area contributed by atoms with Gasteiger partial charge in [-0.25, -0.2) is 0 Å². The molecule has 0 saturated carbocycles. The Bertz CT molecular complexity index is 762.